The second-order valence-corrected chi connectivity index (χ2v) is 3.93. The van der Waals surface area contributed by atoms with Crippen LogP contribution in [-0.4, -0.2) is 14.8 Å². The van der Waals surface area contributed by atoms with Crippen LogP contribution >= 0.6 is 0 Å². The predicted molar refractivity (Wildman–Crippen MR) is 60.7 cm³/mol. The maximum absolute atomic E-state index is 4.50. The lowest BCUT2D eigenvalue weighted by Gasteiger charge is -1.99. The van der Waals surface area contributed by atoms with Gasteiger partial charge >= 0.3 is 0 Å². The molecule has 78 valence electrons. The van der Waals surface area contributed by atoms with Gasteiger partial charge in [-0.15, -0.1) is 0 Å². The van der Waals surface area contributed by atoms with Crippen molar-refractivity contribution in [3.63, 3.8) is 0 Å². The van der Waals surface area contributed by atoms with Crippen LogP contribution in [0.5, 0.6) is 0 Å². The highest BCUT2D eigenvalue weighted by Crippen LogP contribution is 2.23. The molecule has 2 heterocycles. The van der Waals surface area contributed by atoms with Gasteiger partial charge in [-0.25, -0.2) is 0 Å². The van der Waals surface area contributed by atoms with E-state index in [1.165, 1.54) is 11.3 Å². The normalized spacial score (nSPS) is 10.7. The van der Waals surface area contributed by atoms with Gasteiger partial charge in [0.25, 0.3) is 0 Å². The minimum atomic E-state index is 1.03. The molecule has 0 saturated heterocycles. The summed E-state index contributed by atoms with van der Waals surface area (Å²) < 4.78 is 1.91. The van der Waals surface area contributed by atoms with Crippen LogP contribution in [0.3, 0.4) is 0 Å². The number of aryl methyl sites for hydroxylation is 2. The second-order valence-electron chi connectivity index (χ2n) is 3.93. The van der Waals surface area contributed by atoms with Gasteiger partial charge in [0.2, 0.25) is 0 Å². The van der Waals surface area contributed by atoms with Crippen LogP contribution in [0.15, 0.2) is 18.5 Å². The Bertz CT molecular complexity index is 498. The van der Waals surface area contributed by atoms with Gasteiger partial charge in [-0.3, -0.25) is 9.67 Å². The molecule has 0 atom stereocenters. The molecular formula is C12H15N3. The average Bonchev–Trinajstić information content (AvgIpc) is 2.46. The van der Waals surface area contributed by atoms with Gasteiger partial charge in [-0.05, 0) is 38.0 Å². The maximum atomic E-state index is 4.50. The van der Waals surface area contributed by atoms with E-state index >= 15 is 0 Å². The minimum absolute atomic E-state index is 1.03. The standard InChI is InChI=1S/C12H15N3/c1-8-5-11(7-13-6-8)12-9(2)10(3)15(4)14-12/h5-7H,1-4H3. The molecule has 3 heteroatoms. The van der Waals surface area contributed by atoms with Crippen LogP contribution in [0, 0.1) is 20.8 Å². The Balaban J connectivity index is 2.59. The Morgan fingerprint density at radius 3 is 2.40 bits per heavy atom. The molecule has 3 nitrogen and oxygen atoms in total. The number of pyridine rings is 1. The Labute approximate surface area is 89.8 Å². The van der Waals surface area contributed by atoms with Crippen LogP contribution < -0.4 is 0 Å². The Morgan fingerprint density at radius 1 is 1.13 bits per heavy atom. The molecule has 0 N–H and O–H groups in total. The van der Waals surface area contributed by atoms with Crippen molar-refractivity contribution in [2.45, 2.75) is 20.8 Å². The quantitative estimate of drug-likeness (QED) is 0.709. The van der Waals surface area contributed by atoms with E-state index in [2.05, 4.69) is 30.0 Å². The summed E-state index contributed by atoms with van der Waals surface area (Å²) in [6.45, 7) is 6.22. The molecule has 0 fully saturated rings. The van der Waals surface area contributed by atoms with E-state index in [1.54, 1.807) is 0 Å². The van der Waals surface area contributed by atoms with Crippen molar-refractivity contribution in [3.05, 3.63) is 35.3 Å². The molecule has 0 saturated carbocycles. The third-order valence-corrected chi connectivity index (χ3v) is 2.78. The molecule has 15 heavy (non-hydrogen) atoms. The van der Waals surface area contributed by atoms with Crippen LogP contribution in [0.4, 0.5) is 0 Å². The first kappa shape index (κ1) is 9.90. The third kappa shape index (κ3) is 1.65. The zero-order chi connectivity index (χ0) is 11.0. The summed E-state index contributed by atoms with van der Waals surface area (Å²) in [5.41, 5.74) is 5.72. The fourth-order valence-electron chi connectivity index (χ4n) is 1.67. The first-order valence-corrected chi connectivity index (χ1v) is 5.02. The van der Waals surface area contributed by atoms with Crippen molar-refractivity contribution in [2.24, 2.45) is 7.05 Å². The number of hydrogen-bond donors (Lipinski definition) is 0. The van der Waals surface area contributed by atoms with E-state index in [4.69, 9.17) is 0 Å². The summed E-state index contributed by atoms with van der Waals surface area (Å²) in [4.78, 5) is 4.19. The molecule has 0 aliphatic heterocycles. The van der Waals surface area contributed by atoms with E-state index in [-0.39, 0.29) is 0 Å². The summed E-state index contributed by atoms with van der Waals surface area (Å²) in [7, 11) is 1.97. The largest absolute Gasteiger partial charge is 0.272 e. The minimum Gasteiger partial charge on any atom is -0.272 e. The van der Waals surface area contributed by atoms with Crippen LogP contribution in [0.2, 0.25) is 0 Å². The first-order chi connectivity index (χ1) is 7.09. The van der Waals surface area contributed by atoms with Crippen molar-refractivity contribution in [2.75, 3.05) is 0 Å². The molecule has 0 radical (unpaired) electrons. The zero-order valence-corrected chi connectivity index (χ0v) is 9.57. The van der Waals surface area contributed by atoms with Crippen LogP contribution in [0.25, 0.3) is 11.3 Å². The highest BCUT2D eigenvalue weighted by molar-refractivity contribution is 5.63. The summed E-state index contributed by atoms with van der Waals surface area (Å²) in [6.07, 6.45) is 3.72. The SMILES string of the molecule is Cc1cncc(-c2nn(C)c(C)c2C)c1. The highest BCUT2D eigenvalue weighted by atomic mass is 15.3. The molecule has 2 aromatic rings. The van der Waals surface area contributed by atoms with E-state index in [0.29, 0.717) is 0 Å². The molecule has 0 aromatic carbocycles. The molecule has 0 spiro atoms. The number of aromatic nitrogens is 3. The first-order valence-electron chi connectivity index (χ1n) is 5.02. The van der Waals surface area contributed by atoms with Gasteiger partial charge in [-0.2, -0.15) is 5.10 Å². The number of hydrogen-bond acceptors (Lipinski definition) is 2. The monoisotopic (exact) mass is 201 g/mol. The molecule has 0 aliphatic carbocycles. The van der Waals surface area contributed by atoms with Gasteiger partial charge in [0, 0.05) is 30.7 Å². The fraction of sp³-hybridized carbons (Fsp3) is 0.333. The molecule has 0 bridgehead atoms. The van der Waals surface area contributed by atoms with Crippen molar-refractivity contribution >= 4 is 0 Å². The van der Waals surface area contributed by atoms with Crippen molar-refractivity contribution in [1.82, 2.24) is 14.8 Å². The number of rotatable bonds is 1. The highest BCUT2D eigenvalue weighted by Gasteiger charge is 2.10. The van der Waals surface area contributed by atoms with Gasteiger partial charge in [0.05, 0.1) is 5.69 Å². The number of nitrogens with zero attached hydrogens (tertiary/aromatic N) is 3. The molecule has 2 aromatic heterocycles. The topological polar surface area (TPSA) is 30.7 Å². The van der Waals surface area contributed by atoms with Crippen LogP contribution in [0.1, 0.15) is 16.8 Å². The smallest absolute Gasteiger partial charge is 0.0970 e. The summed E-state index contributed by atoms with van der Waals surface area (Å²) in [5.74, 6) is 0. The predicted octanol–water partition coefficient (Wildman–Crippen LogP) is 2.41. The Hall–Kier alpha value is -1.64. The van der Waals surface area contributed by atoms with E-state index in [0.717, 1.165) is 16.8 Å². The summed E-state index contributed by atoms with van der Waals surface area (Å²) in [5, 5.41) is 4.50. The van der Waals surface area contributed by atoms with E-state index in [9.17, 15) is 0 Å². The average molecular weight is 201 g/mol. The van der Waals surface area contributed by atoms with Gasteiger partial charge in [-0.1, -0.05) is 0 Å². The van der Waals surface area contributed by atoms with Gasteiger partial charge in [0.1, 0.15) is 0 Å². The summed E-state index contributed by atoms with van der Waals surface area (Å²) in [6, 6.07) is 2.11. The molecule has 0 aliphatic rings. The van der Waals surface area contributed by atoms with E-state index < -0.39 is 0 Å². The van der Waals surface area contributed by atoms with Crippen molar-refractivity contribution < 1.29 is 0 Å². The van der Waals surface area contributed by atoms with Gasteiger partial charge in [0.15, 0.2) is 0 Å². The molecule has 0 amide bonds. The molecule has 2 rings (SSSR count). The third-order valence-electron chi connectivity index (χ3n) is 2.78. The lowest BCUT2D eigenvalue weighted by Crippen LogP contribution is -1.92. The fourth-order valence-corrected chi connectivity index (χ4v) is 1.67. The summed E-state index contributed by atoms with van der Waals surface area (Å²) >= 11 is 0. The Kier molecular flexibility index (Phi) is 2.31. The van der Waals surface area contributed by atoms with Gasteiger partial charge < -0.3 is 0 Å². The second kappa shape index (κ2) is 3.50. The lowest BCUT2D eigenvalue weighted by molar-refractivity contribution is 0.741. The van der Waals surface area contributed by atoms with Crippen molar-refractivity contribution in [3.8, 4) is 11.3 Å². The molecule has 0 unspecified atom stereocenters. The van der Waals surface area contributed by atoms with E-state index in [1.807, 2.05) is 31.0 Å². The Morgan fingerprint density at radius 2 is 1.87 bits per heavy atom. The van der Waals surface area contributed by atoms with Crippen molar-refractivity contribution in [1.29, 1.82) is 0 Å². The van der Waals surface area contributed by atoms with Crippen LogP contribution in [-0.2, 0) is 7.05 Å². The maximum Gasteiger partial charge on any atom is 0.0970 e. The zero-order valence-electron chi connectivity index (χ0n) is 9.57. The molecular weight excluding hydrogens is 186 g/mol. The lowest BCUT2D eigenvalue weighted by atomic mass is 10.1.